The van der Waals surface area contributed by atoms with Gasteiger partial charge in [-0.2, -0.15) is 0 Å². The third-order valence-electron chi connectivity index (χ3n) is 7.16. The van der Waals surface area contributed by atoms with E-state index < -0.39 is 0 Å². The summed E-state index contributed by atoms with van der Waals surface area (Å²) in [6.45, 7) is 4.59. The molecule has 0 heterocycles. The zero-order valence-corrected chi connectivity index (χ0v) is 14.3. The minimum absolute atomic E-state index is 0.155. The van der Waals surface area contributed by atoms with E-state index in [1.54, 1.807) is 0 Å². The summed E-state index contributed by atoms with van der Waals surface area (Å²) in [5.74, 6) is 2.55. The van der Waals surface area contributed by atoms with E-state index in [1.807, 2.05) is 0 Å². The van der Waals surface area contributed by atoms with E-state index in [2.05, 4.69) is 13.8 Å². The van der Waals surface area contributed by atoms with E-state index in [0.717, 1.165) is 11.8 Å². The molecule has 120 valence electrons. The summed E-state index contributed by atoms with van der Waals surface area (Å²) in [6.07, 6.45) is 16.8. The number of ketones is 1. The first-order valence-electron chi connectivity index (χ1n) is 9.69. The van der Waals surface area contributed by atoms with E-state index in [4.69, 9.17) is 0 Å². The average Bonchev–Trinajstić information content (AvgIpc) is 2.51. The lowest BCUT2D eigenvalue weighted by Gasteiger charge is -2.59. The van der Waals surface area contributed by atoms with Crippen LogP contribution in [-0.2, 0) is 4.79 Å². The smallest absolute Gasteiger partial charge is 0.145 e. The van der Waals surface area contributed by atoms with E-state index in [-0.39, 0.29) is 10.8 Å². The van der Waals surface area contributed by atoms with Crippen molar-refractivity contribution in [1.82, 2.24) is 0 Å². The highest BCUT2D eigenvalue weighted by Gasteiger charge is 2.62. The van der Waals surface area contributed by atoms with Crippen LogP contribution < -0.4 is 0 Å². The van der Waals surface area contributed by atoms with Crippen molar-refractivity contribution < 1.29 is 4.79 Å². The summed E-state index contributed by atoms with van der Waals surface area (Å²) >= 11 is 0. The fourth-order valence-corrected chi connectivity index (χ4v) is 5.93. The largest absolute Gasteiger partial charge is 0.298 e. The molecule has 0 N–H and O–H groups in total. The zero-order chi connectivity index (χ0) is 14.9. The number of Topliss-reactive ketones (excluding diaryl/α,β-unsaturated/α-hetero) is 1. The maximum Gasteiger partial charge on any atom is 0.145 e. The van der Waals surface area contributed by atoms with Gasteiger partial charge in [-0.3, -0.25) is 4.79 Å². The van der Waals surface area contributed by atoms with Gasteiger partial charge in [-0.25, -0.2) is 0 Å². The first-order chi connectivity index (χ1) is 10.1. The lowest BCUT2D eigenvalue weighted by Crippen LogP contribution is -2.59. The molecule has 21 heavy (non-hydrogen) atoms. The van der Waals surface area contributed by atoms with Crippen molar-refractivity contribution in [2.24, 2.45) is 22.7 Å². The molecule has 3 aliphatic rings. The van der Waals surface area contributed by atoms with Crippen molar-refractivity contribution in [2.75, 3.05) is 0 Å². The van der Waals surface area contributed by atoms with Crippen LogP contribution in [-0.4, -0.2) is 5.78 Å². The standard InChI is InChI=1S/C20H34O/c1-3-5-16-7-11-19(12-8-16)15-20(18(19)21)13-9-17(6-4-2)10-14-20/h16-17H,3-15H2,1-2H3/t16?,17?,19-,20-. The zero-order valence-electron chi connectivity index (χ0n) is 14.3. The fourth-order valence-electron chi connectivity index (χ4n) is 5.93. The Morgan fingerprint density at radius 1 is 0.810 bits per heavy atom. The molecule has 0 amide bonds. The second-order valence-electron chi connectivity index (χ2n) is 8.53. The van der Waals surface area contributed by atoms with Crippen LogP contribution in [0.5, 0.6) is 0 Å². The molecule has 0 unspecified atom stereocenters. The Balaban J connectivity index is 1.54. The maximum absolute atomic E-state index is 13.0. The third kappa shape index (κ3) is 2.70. The summed E-state index contributed by atoms with van der Waals surface area (Å²) < 4.78 is 0. The first kappa shape index (κ1) is 15.6. The van der Waals surface area contributed by atoms with Gasteiger partial charge in [-0.05, 0) is 69.6 Å². The fraction of sp³-hybridized carbons (Fsp3) is 0.950. The predicted molar refractivity (Wildman–Crippen MR) is 88.2 cm³/mol. The number of hydrogen-bond donors (Lipinski definition) is 0. The van der Waals surface area contributed by atoms with Crippen LogP contribution in [0.2, 0.25) is 0 Å². The molecule has 0 aromatic carbocycles. The van der Waals surface area contributed by atoms with Gasteiger partial charge in [0.1, 0.15) is 5.78 Å². The number of rotatable bonds is 4. The number of carbonyl (C=O) groups is 1. The summed E-state index contributed by atoms with van der Waals surface area (Å²) in [5.41, 5.74) is 0.309. The topological polar surface area (TPSA) is 17.1 Å². The minimum atomic E-state index is 0.155. The second kappa shape index (κ2) is 6.05. The van der Waals surface area contributed by atoms with Crippen molar-refractivity contribution in [3.05, 3.63) is 0 Å². The summed E-state index contributed by atoms with van der Waals surface area (Å²) in [5, 5.41) is 0. The highest BCUT2D eigenvalue weighted by molar-refractivity contribution is 5.96. The van der Waals surface area contributed by atoms with Crippen molar-refractivity contribution in [3.63, 3.8) is 0 Å². The highest BCUT2D eigenvalue weighted by Crippen LogP contribution is 2.64. The Labute approximate surface area is 131 Å². The molecule has 0 aromatic rings. The van der Waals surface area contributed by atoms with Crippen LogP contribution in [0.3, 0.4) is 0 Å². The number of carbonyl (C=O) groups excluding carboxylic acids is 1. The monoisotopic (exact) mass is 290 g/mol. The van der Waals surface area contributed by atoms with Crippen LogP contribution in [0.25, 0.3) is 0 Å². The molecule has 3 fully saturated rings. The van der Waals surface area contributed by atoms with Crippen molar-refractivity contribution >= 4 is 5.78 Å². The van der Waals surface area contributed by atoms with E-state index >= 15 is 0 Å². The van der Waals surface area contributed by atoms with Crippen LogP contribution in [0.15, 0.2) is 0 Å². The Hall–Kier alpha value is -0.330. The van der Waals surface area contributed by atoms with Crippen LogP contribution in [0.4, 0.5) is 0 Å². The van der Waals surface area contributed by atoms with Gasteiger partial charge in [0.05, 0.1) is 0 Å². The maximum atomic E-state index is 13.0. The SMILES string of the molecule is CCCC1CC[C@]2(CC1)C[C@@]1(CCC(CCC)CC1)C2=O. The molecule has 3 aliphatic carbocycles. The van der Waals surface area contributed by atoms with Gasteiger partial charge in [0, 0.05) is 10.8 Å². The Kier molecular flexibility index (Phi) is 4.48. The van der Waals surface area contributed by atoms with Gasteiger partial charge in [0.2, 0.25) is 0 Å². The molecular weight excluding hydrogens is 256 g/mol. The third-order valence-corrected chi connectivity index (χ3v) is 7.16. The summed E-state index contributed by atoms with van der Waals surface area (Å²) in [7, 11) is 0. The lowest BCUT2D eigenvalue weighted by molar-refractivity contribution is -0.169. The Morgan fingerprint density at radius 2 is 1.19 bits per heavy atom. The normalized spacial score (nSPS) is 43.2. The number of hydrogen-bond acceptors (Lipinski definition) is 1. The molecule has 1 heteroatoms. The molecule has 3 saturated carbocycles. The highest BCUT2D eigenvalue weighted by atomic mass is 16.1. The van der Waals surface area contributed by atoms with Crippen LogP contribution in [0.1, 0.15) is 97.3 Å². The molecule has 1 nitrogen and oxygen atoms in total. The van der Waals surface area contributed by atoms with Gasteiger partial charge < -0.3 is 0 Å². The molecule has 0 radical (unpaired) electrons. The predicted octanol–water partition coefficient (Wildman–Crippen LogP) is 5.91. The molecule has 2 spiro atoms. The van der Waals surface area contributed by atoms with Gasteiger partial charge in [0.25, 0.3) is 0 Å². The molecule has 0 aromatic heterocycles. The molecule has 0 bridgehead atoms. The van der Waals surface area contributed by atoms with Crippen LogP contribution >= 0.6 is 0 Å². The molecule has 0 aliphatic heterocycles. The molecular formula is C20H34O. The average molecular weight is 290 g/mol. The van der Waals surface area contributed by atoms with Gasteiger partial charge in [-0.1, -0.05) is 39.5 Å². The Morgan fingerprint density at radius 3 is 1.48 bits per heavy atom. The molecule has 0 saturated heterocycles. The van der Waals surface area contributed by atoms with Gasteiger partial charge in [-0.15, -0.1) is 0 Å². The Bertz CT molecular complexity index is 333. The molecule has 0 atom stereocenters. The van der Waals surface area contributed by atoms with Crippen molar-refractivity contribution in [1.29, 1.82) is 0 Å². The quantitative estimate of drug-likeness (QED) is 0.628. The first-order valence-corrected chi connectivity index (χ1v) is 9.69. The van der Waals surface area contributed by atoms with E-state index in [1.165, 1.54) is 83.5 Å². The van der Waals surface area contributed by atoms with Crippen molar-refractivity contribution in [2.45, 2.75) is 97.3 Å². The molecule has 3 rings (SSSR count). The van der Waals surface area contributed by atoms with Crippen LogP contribution in [0, 0.1) is 22.7 Å². The lowest BCUT2D eigenvalue weighted by atomic mass is 9.43. The summed E-state index contributed by atoms with van der Waals surface area (Å²) in [4.78, 5) is 13.0. The van der Waals surface area contributed by atoms with E-state index in [9.17, 15) is 4.79 Å². The summed E-state index contributed by atoms with van der Waals surface area (Å²) in [6, 6.07) is 0. The second-order valence-corrected chi connectivity index (χ2v) is 8.53. The van der Waals surface area contributed by atoms with Gasteiger partial charge >= 0.3 is 0 Å². The van der Waals surface area contributed by atoms with E-state index in [0.29, 0.717) is 5.78 Å². The van der Waals surface area contributed by atoms with Crippen molar-refractivity contribution in [3.8, 4) is 0 Å². The van der Waals surface area contributed by atoms with Gasteiger partial charge in [0.15, 0.2) is 0 Å². The minimum Gasteiger partial charge on any atom is -0.298 e.